The summed E-state index contributed by atoms with van der Waals surface area (Å²) in [5.74, 6) is 0.852. The van der Waals surface area contributed by atoms with Gasteiger partial charge in [-0.25, -0.2) is 4.98 Å². The molecule has 1 aliphatic rings. The van der Waals surface area contributed by atoms with Gasteiger partial charge in [0.25, 0.3) is 0 Å². The Morgan fingerprint density at radius 1 is 1.65 bits per heavy atom. The number of hydrogen-bond acceptors (Lipinski definition) is 4. The Balaban J connectivity index is 2.00. The highest BCUT2D eigenvalue weighted by molar-refractivity contribution is 6.31. The van der Waals surface area contributed by atoms with Crippen molar-refractivity contribution < 1.29 is 5.11 Å². The number of pyridine rings is 1. The van der Waals surface area contributed by atoms with E-state index < -0.39 is 0 Å². The second kappa shape index (κ2) is 5.21. The Labute approximate surface area is 106 Å². The molecule has 1 aromatic heterocycles. The van der Waals surface area contributed by atoms with Crippen LogP contribution in [0, 0.1) is 5.92 Å². The normalized spacial score (nSPS) is 22.9. The number of nitrogens with zero attached hydrogens (tertiary/aromatic N) is 2. The van der Waals surface area contributed by atoms with Crippen molar-refractivity contribution in [1.29, 1.82) is 0 Å². The van der Waals surface area contributed by atoms with Crippen LogP contribution in [0.25, 0.3) is 0 Å². The van der Waals surface area contributed by atoms with Crippen molar-refractivity contribution in [2.24, 2.45) is 5.92 Å². The SMILES string of the molecule is CC(O)C1CCN(Cc2nc(N)ccc2Cl)C1. The fraction of sp³-hybridized carbons (Fsp3) is 0.583. The zero-order valence-corrected chi connectivity index (χ0v) is 10.7. The Bertz CT molecular complexity index is 397. The minimum absolute atomic E-state index is 0.246. The van der Waals surface area contributed by atoms with Crippen LogP contribution in [0.4, 0.5) is 5.82 Å². The van der Waals surface area contributed by atoms with Crippen LogP contribution in [0.3, 0.4) is 0 Å². The van der Waals surface area contributed by atoms with Crippen LogP contribution in [0.15, 0.2) is 12.1 Å². The van der Waals surface area contributed by atoms with Crippen LogP contribution in [0.2, 0.25) is 5.02 Å². The largest absolute Gasteiger partial charge is 0.393 e. The second-order valence-corrected chi connectivity index (χ2v) is 5.10. The molecule has 17 heavy (non-hydrogen) atoms. The number of anilines is 1. The molecule has 0 saturated carbocycles. The van der Waals surface area contributed by atoms with Crippen LogP contribution < -0.4 is 5.73 Å². The average Bonchev–Trinajstić information content (AvgIpc) is 2.72. The predicted molar refractivity (Wildman–Crippen MR) is 68.7 cm³/mol. The number of aliphatic hydroxyl groups excluding tert-OH is 1. The summed E-state index contributed by atoms with van der Waals surface area (Å²) in [5, 5.41) is 10.2. The van der Waals surface area contributed by atoms with Gasteiger partial charge in [-0.1, -0.05) is 11.6 Å². The van der Waals surface area contributed by atoms with Gasteiger partial charge in [-0.2, -0.15) is 0 Å². The monoisotopic (exact) mass is 255 g/mol. The Morgan fingerprint density at radius 3 is 3.06 bits per heavy atom. The van der Waals surface area contributed by atoms with Gasteiger partial charge in [-0.05, 0) is 37.9 Å². The third-order valence-corrected chi connectivity index (χ3v) is 3.65. The molecule has 2 rings (SSSR count). The highest BCUT2D eigenvalue weighted by atomic mass is 35.5. The molecular weight excluding hydrogens is 238 g/mol. The lowest BCUT2D eigenvalue weighted by molar-refractivity contribution is 0.127. The first-order chi connectivity index (χ1) is 8.06. The van der Waals surface area contributed by atoms with Crippen molar-refractivity contribution >= 4 is 17.4 Å². The van der Waals surface area contributed by atoms with Gasteiger partial charge in [0.05, 0.1) is 16.8 Å². The number of aliphatic hydroxyl groups is 1. The number of hydrogen-bond donors (Lipinski definition) is 2. The zero-order chi connectivity index (χ0) is 12.4. The second-order valence-electron chi connectivity index (χ2n) is 4.69. The van der Waals surface area contributed by atoms with Gasteiger partial charge in [0.1, 0.15) is 5.82 Å². The van der Waals surface area contributed by atoms with E-state index >= 15 is 0 Å². The fourth-order valence-electron chi connectivity index (χ4n) is 2.22. The van der Waals surface area contributed by atoms with E-state index in [-0.39, 0.29) is 6.10 Å². The molecule has 4 nitrogen and oxygen atoms in total. The highest BCUT2D eigenvalue weighted by Gasteiger charge is 2.26. The Hall–Kier alpha value is -0.840. The fourth-order valence-corrected chi connectivity index (χ4v) is 2.39. The number of halogens is 1. The van der Waals surface area contributed by atoms with Crippen molar-refractivity contribution in [3.05, 3.63) is 22.8 Å². The molecule has 0 amide bonds. The molecule has 0 spiro atoms. The lowest BCUT2D eigenvalue weighted by Gasteiger charge is -2.17. The molecule has 0 radical (unpaired) electrons. The van der Waals surface area contributed by atoms with Gasteiger partial charge in [-0.15, -0.1) is 0 Å². The van der Waals surface area contributed by atoms with Crippen molar-refractivity contribution in [2.75, 3.05) is 18.8 Å². The van der Waals surface area contributed by atoms with E-state index in [1.54, 1.807) is 12.1 Å². The summed E-state index contributed by atoms with van der Waals surface area (Å²) in [6.07, 6.45) is 0.779. The first kappa shape index (κ1) is 12.6. The third-order valence-electron chi connectivity index (χ3n) is 3.30. The molecule has 1 fully saturated rings. The van der Waals surface area contributed by atoms with Crippen molar-refractivity contribution in [2.45, 2.75) is 26.0 Å². The van der Waals surface area contributed by atoms with E-state index in [0.29, 0.717) is 23.3 Å². The average molecular weight is 256 g/mol. The van der Waals surface area contributed by atoms with E-state index in [1.807, 2.05) is 6.92 Å². The molecule has 1 saturated heterocycles. The Morgan fingerprint density at radius 2 is 2.41 bits per heavy atom. The molecule has 5 heteroatoms. The third kappa shape index (κ3) is 3.09. The smallest absolute Gasteiger partial charge is 0.123 e. The standard InChI is InChI=1S/C12H18ClN3O/c1-8(17)9-4-5-16(6-9)7-11-10(13)2-3-12(14)15-11/h2-3,8-9,17H,4-7H2,1H3,(H2,14,15). The van der Waals surface area contributed by atoms with Crippen LogP contribution >= 0.6 is 11.6 Å². The summed E-state index contributed by atoms with van der Waals surface area (Å²) in [4.78, 5) is 6.50. The van der Waals surface area contributed by atoms with Crippen LogP contribution in [-0.2, 0) is 6.54 Å². The molecule has 3 N–H and O–H groups in total. The maximum Gasteiger partial charge on any atom is 0.123 e. The molecular formula is C12H18ClN3O. The number of nitrogens with two attached hydrogens (primary N) is 1. The summed E-state index contributed by atoms with van der Waals surface area (Å²) in [6.45, 7) is 4.42. The van der Waals surface area contributed by atoms with Gasteiger partial charge < -0.3 is 10.8 Å². The van der Waals surface area contributed by atoms with Gasteiger partial charge in [0, 0.05) is 13.1 Å². The highest BCUT2D eigenvalue weighted by Crippen LogP contribution is 2.23. The summed E-state index contributed by atoms with van der Waals surface area (Å²) in [7, 11) is 0. The van der Waals surface area contributed by atoms with E-state index in [0.717, 1.165) is 25.2 Å². The topological polar surface area (TPSA) is 62.4 Å². The molecule has 2 unspecified atom stereocenters. The zero-order valence-electron chi connectivity index (χ0n) is 9.93. The quantitative estimate of drug-likeness (QED) is 0.860. The van der Waals surface area contributed by atoms with Crippen molar-refractivity contribution in [3.63, 3.8) is 0 Å². The molecule has 1 aromatic rings. The molecule has 94 valence electrons. The van der Waals surface area contributed by atoms with E-state index in [1.165, 1.54) is 0 Å². The molecule has 2 atom stereocenters. The summed E-state index contributed by atoms with van der Waals surface area (Å²) >= 11 is 6.08. The summed E-state index contributed by atoms with van der Waals surface area (Å²) in [6, 6.07) is 3.48. The molecule has 0 aromatic carbocycles. The predicted octanol–water partition coefficient (Wildman–Crippen LogP) is 1.52. The lowest BCUT2D eigenvalue weighted by Crippen LogP contribution is -2.24. The van der Waals surface area contributed by atoms with Gasteiger partial charge in [0.2, 0.25) is 0 Å². The number of likely N-dealkylation sites (tertiary alicyclic amines) is 1. The summed E-state index contributed by atoms with van der Waals surface area (Å²) < 4.78 is 0. The van der Waals surface area contributed by atoms with Crippen LogP contribution in [-0.4, -0.2) is 34.2 Å². The maximum absolute atomic E-state index is 9.55. The van der Waals surface area contributed by atoms with Gasteiger partial charge in [-0.3, -0.25) is 4.90 Å². The van der Waals surface area contributed by atoms with Gasteiger partial charge >= 0.3 is 0 Å². The van der Waals surface area contributed by atoms with Crippen LogP contribution in [0.5, 0.6) is 0 Å². The minimum Gasteiger partial charge on any atom is -0.393 e. The molecule has 0 bridgehead atoms. The molecule has 1 aliphatic heterocycles. The molecule has 2 heterocycles. The van der Waals surface area contributed by atoms with Crippen molar-refractivity contribution in [1.82, 2.24) is 9.88 Å². The van der Waals surface area contributed by atoms with Crippen LogP contribution in [0.1, 0.15) is 19.0 Å². The lowest BCUT2D eigenvalue weighted by atomic mass is 10.0. The van der Waals surface area contributed by atoms with Crippen molar-refractivity contribution in [3.8, 4) is 0 Å². The Kier molecular flexibility index (Phi) is 3.86. The van der Waals surface area contributed by atoms with Gasteiger partial charge in [0.15, 0.2) is 0 Å². The van der Waals surface area contributed by atoms with E-state index in [4.69, 9.17) is 17.3 Å². The number of nitrogen functional groups attached to an aromatic ring is 1. The van der Waals surface area contributed by atoms with E-state index in [2.05, 4.69) is 9.88 Å². The molecule has 0 aliphatic carbocycles. The minimum atomic E-state index is -0.246. The first-order valence-corrected chi connectivity index (χ1v) is 6.25. The number of rotatable bonds is 3. The number of aromatic nitrogens is 1. The summed E-state index contributed by atoms with van der Waals surface area (Å²) in [5.41, 5.74) is 6.47. The maximum atomic E-state index is 9.55. The van der Waals surface area contributed by atoms with E-state index in [9.17, 15) is 5.11 Å². The first-order valence-electron chi connectivity index (χ1n) is 5.87.